The summed E-state index contributed by atoms with van der Waals surface area (Å²) in [6, 6.07) is -1.78. The average molecular weight is 301 g/mol. The van der Waals surface area contributed by atoms with Crippen molar-refractivity contribution in [2.75, 3.05) is 6.61 Å². The lowest BCUT2D eigenvalue weighted by Crippen LogP contribution is -2.54. The van der Waals surface area contributed by atoms with Crippen molar-refractivity contribution < 1.29 is 42.1 Å². The molecule has 0 fully saturated rings. The first-order valence-electron chi connectivity index (χ1n) is 4.93. The molecule has 0 aromatic carbocycles. The summed E-state index contributed by atoms with van der Waals surface area (Å²) in [6.45, 7) is -0.169. The summed E-state index contributed by atoms with van der Waals surface area (Å²) in [4.78, 5) is 21.9. The van der Waals surface area contributed by atoms with Gasteiger partial charge in [-0.05, 0) is 0 Å². The number of carbonyl (C=O) groups excluding carboxylic acids is 2. The molecule has 0 aliphatic rings. The van der Waals surface area contributed by atoms with E-state index in [1.165, 1.54) is 0 Å². The van der Waals surface area contributed by atoms with E-state index in [1.807, 2.05) is 0 Å². The molecule has 19 heavy (non-hydrogen) atoms. The largest absolute Gasteiger partial charge is 0.397 e. The van der Waals surface area contributed by atoms with Gasteiger partial charge in [-0.2, -0.15) is 8.42 Å². The van der Waals surface area contributed by atoms with Gasteiger partial charge in [0.25, 0.3) is 0 Å². The number of aliphatic hydroxyl groups excluding tert-OH is 3. The van der Waals surface area contributed by atoms with Crippen LogP contribution in [-0.4, -0.2) is 70.8 Å². The topological polar surface area (TPSA) is 184 Å². The molecule has 0 aromatic heterocycles. The lowest BCUT2D eigenvalue weighted by Gasteiger charge is -2.25. The van der Waals surface area contributed by atoms with Crippen molar-refractivity contribution in [2.24, 2.45) is 5.73 Å². The van der Waals surface area contributed by atoms with Crippen LogP contribution >= 0.6 is 0 Å². The Morgan fingerprint density at radius 3 is 2.05 bits per heavy atom. The molecule has 0 bridgehead atoms. The maximum atomic E-state index is 11.1. The van der Waals surface area contributed by atoms with Crippen LogP contribution in [0.25, 0.3) is 0 Å². The van der Waals surface area contributed by atoms with Crippen LogP contribution in [0.3, 0.4) is 0 Å². The Labute approximate surface area is 108 Å². The van der Waals surface area contributed by atoms with E-state index in [0.717, 1.165) is 6.92 Å². The van der Waals surface area contributed by atoms with Crippen molar-refractivity contribution >= 4 is 22.0 Å². The van der Waals surface area contributed by atoms with Crippen molar-refractivity contribution in [3.8, 4) is 0 Å². The highest BCUT2D eigenvalue weighted by atomic mass is 32.3. The van der Waals surface area contributed by atoms with Gasteiger partial charge in [0.05, 0.1) is 6.61 Å². The Kier molecular flexibility index (Phi) is 6.65. The molecule has 0 spiro atoms. The second-order valence-corrected chi connectivity index (χ2v) is 4.80. The first-order valence-corrected chi connectivity index (χ1v) is 6.30. The Balaban J connectivity index is 4.59. The highest BCUT2D eigenvalue weighted by Crippen LogP contribution is 2.06. The number of hydrogen-bond acceptors (Lipinski definition) is 9. The van der Waals surface area contributed by atoms with Crippen LogP contribution < -0.4 is 5.73 Å². The number of aliphatic hydroxyl groups is 3. The van der Waals surface area contributed by atoms with Gasteiger partial charge in [-0.3, -0.25) is 14.1 Å². The molecular weight excluding hydrogens is 286 g/mol. The summed E-state index contributed by atoms with van der Waals surface area (Å²) in [5.41, 5.74) is 5.18. The Morgan fingerprint density at radius 2 is 1.68 bits per heavy atom. The van der Waals surface area contributed by atoms with E-state index in [4.69, 9.17) is 10.3 Å². The third kappa shape index (κ3) is 6.15. The zero-order valence-corrected chi connectivity index (χ0v) is 10.6. The number of hydrogen-bond donors (Lipinski definition) is 5. The van der Waals surface area contributed by atoms with Crippen molar-refractivity contribution in [1.82, 2.24) is 0 Å². The maximum absolute atomic E-state index is 11.1. The van der Waals surface area contributed by atoms with E-state index in [1.54, 1.807) is 0 Å². The Hall–Kier alpha value is -0.950. The molecule has 0 rings (SSSR count). The number of ketones is 2. The zero-order chi connectivity index (χ0) is 15.4. The van der Waals surface area contributed by atoms with Gasteiger partial charge in [0.1, 0.15) is 24.4 Å². The standard InChI is InChI=1S/C8H15NO9S/c1-3(10)6(12)5(9)8(14)7(13)4(11)2-18-19(15,16)17/h4-5,7-8,11,13-14H,2,9H2,1H3,(H,15,16,17)/t4-,5-,7-,8-/m1/s1. The van der Waals surface area contributed by atoms with Gasteiger partial charge >= 0.3 is 10.4 Å². The lowest BCUT2D eigenvalue weighted by molar-refractivity contribution is -0.140. The third-order valence-electron chi connectivity index (χ3n) is 2.15. The fraction of sp³-hybridized carbons (Fsp3) is 0.750. The normalized spacial score (nSPS) is 18.4. The predicted molar refractivity (Wildman–Crippen MR) is 59.2 cm³/mol. The molecule has 0 heterocycles. The summed E-state index contributed by atoms with van der Waals surface area (Å²) in [6.07, 6.45) is -6.03. The van der Waals surface area contributed by atoms with Crippen LogP contribution in [-0.2, 0) is 24.2 Å². The van der Waals surface area contributed by atoms with Crippen molar-refractivity contribution in [3.05, 3.63) is 0 Å². The van der Waals surface area contributed by atoms with Gasteiger partial charge in [0.2, 0.25) is 5.78 Å². The molecule has 0 aliphatic heterocycles. The Morgan fingerprint density at radius 1 is 1.21 bits per heavy atom. The van der Waals surface area contributed by atoms with E-state index >= 15 is 0 Å². The summed E-state index contributed by atoms with van der Waals surface area (Å²) in [7, 11) is -4.83. The summed E-state index contributed by atoms with van der Waals surface area (Å²) >= 11 is 0. The quantitative estimate of drug-likeness (QED) is 0.221. The SMILES string of the molecule is CC(=O)C(=O)[C@@H](N)[C@@H](O)[C@H](O)[C@H](O)COS(=O)(=O)O. The van der Waals surface area contributed by atoms with Gasteiger partial charge in [0, 0.05) is 6.92 Å². The van der Waals surface area contributed by atoms with E-state index in [0.29, 0.717) is 0 Å². The zero-order valence-electron chi connectivity index (χ0n) is 9.83. The molecule has 0 unspecified atom stereocenters. The second kappa shape index (κ2) is 7.00. The van der Waals surface area contributed by atoms with E-state index in [9.17, 15) is 33.3 Å². The van der Waals surface area contributed by atoms with E-state index in [-0.39, 0.29) is 0 Å². The van der Waals surface area contributed by atoms with Crippen LogP contribution in [0.2, 0.25) is 0 Å². The van der Waals surface area contributed by atoms with Crippen LogP contribution in [0.4, 0.5) is 0 Å². The highest BCUT2D eigenvalue weighted by molar-refractivity contribution is 7.80. The van der Waals surface area contributed by atoms with Crippen molar-refractivity contribution in [3.63, 3.8) is 0 Å². The van der Waals surface area contributed by atoms with Gasteiger partial charge < -0.3 is 21.1 Å². The molecule has 11 heteroatoms. The molecule has 10 nitrogen and oxygen atoms in total. The average Bonchev–Trinajstić information content (AvgIpc) is 2.30. The number of carbonyl (C=O) groups is 2. The summed E-state index contributed by atoms with van der Waals surface area (Å²) in [5.74, 6) is -2.13. The first-order chi connectivity index (χ1) is 8.47. The molecular formula is C8H15NO9S. The summed E-state index contributed by atoms with van der Waals surface area (Å²) < 4.78 is 32.4. The van der Waals surface area contributed by atoms with Crippen LogP contribution in [0.1, 0.15) is 6.92 Å². The van der Waals surface area contributed by atoms with Crippen LogP contribution in [0.15, 0.2) is 0 Å². The fourth-order valence-corrected chi connectivity index (χ4v) is 1.40. The number of rotatable bonds is 8. The van der Waals surface area contributed by atoms with Gasteiger partial charge in [0.15, 0.2) is 5.78 Å². The number of Topliss-reactive ketones (excluding diaryl/α,β-unsaturated/α-hetero) is 2. The molecule has 0 radical (unpaired) electrons. The lowest BCUT2D eigenvalue weighted by atomic mass is 9.97. The smallest absolute Gasteiger partial charge is 0.388 e. The van der Waals surface area contributed by atoms with Gasteiger partial charge in [-0.15, -0.1) is 0 Å². The van der Waals surface area contributed by atoms with E-state index in [2.05, 4.69) is 4.18 Å². The fourth-order valence-electron chi connectivity index (χ4n) is 1.08. The molecule has 4 atom stereocenters. The summed E-state index contributed by atoms with van der Waals surface area (Å²) in [5, 5.41) is 28.1. The minimum atomic E-state index is -4.83. The highest BCUT2D eigenvalue weighted by Gasteiger charge is 2.35. The second-order valence-electron chi connectivity index (χ2n) is 3.71. The molecule has 112 valence electrons. The maximum Gasteiger partial charge on any atom is 0.397 e. The van der Waals surface area contributed by atoms with Crippen molar-refractivity contribution in [2.45, 2.75) is 31.3 Å². The number of nitrogens with two attached hydrogens (primary N) is 1. The van der Waals surface area contributed by atoms with Gasteiger partial charge in [-0.1, -0.05) is 0 Å². The molecule has 6 N–H and O–H groups in total. The first kappa shape index (κ1) is 18.0. The van der Waals surface area contributed by atoms with Crippen LogP contribution in [0, 0.1) is 0 Å². The van der Waals surface area contributed by atoms with E-state index < -0.39 is 52.9 Å². The van der Waals surface area contributed by atoms with Gasteiger partial charge in [-0.25, -0.2) is 4.18 Å². The minimum Gasteiger partial charge on any atom is -0.388 e. The monoisotopic (exact) mass is 301 g/mol. The molecule has 0 aromatic rings. The molecule has 0 aliphatic carbocycles. The molecule has 0 amide bonds. The third-order valence-corrected chi connectivity index (χ3v) is 2.58. The Bertz CT molecular complexity index is 434. The minimum absolute atomic E-state index is 0.902. The molecule has 0 saturated heterocycles. The van der Waals surface area contributed by atoms with Crippen molar-refractivity contribution in [1.29, 1.82) is 0 Å². The molecule has 0 saturated carbocycles. The van der Waals surface area contributed by atoms with Crippen LogP contribution in [0.5, 0.6) is 0 Å². The predicted octanol–water partition coefficient (Wildman–Crippen LogP) is -3.63.